The molecule has 0 aromatic carbocycles. The molecule has 0 amide bonds. The molecule has 0 aliphatic carbocycles. The highest BCUT2D eigenvalue weighted by Gasteiger charge is 2.30. The van der Waals surface area contributed by atoms with Gasteiger partial charge in [-0.15, -0.1) is 0 Å². The molecular formula is C15H15N5OS. The van der Waals surface area contributed by atoms with Crippen molar-refractivity contribution in [2.45, 2.75) is 5.16 Å². The van der Waals surface area contributed by atoms with Crippen LogP contribution in [-0.4, -0.2) is 40.9 Å². The average molecular weight is 313 g/mol. The lowest BCUT2D eigenvalue weighted by molar-refractivity contribution is 0.219. The number of hydrogen-bond acceptors (Lipinski definition) is 7. The van der Waals surface area contributed by atoms with Gasteiger partial charge < -0.3 is 9.64 Å². The second kappa shape index (κ2) is 6.62. The zero-order valence-corrected chi connectivity index (χ0v) is 13.0. The summed E-state index contributed by atoms with van der Waals surface area (Å²) in [5.41, 5.74) is 0.518. The van der Waals surface area contributed by atoms with Crippen LogP contribution < -0.4 is 9.64 Å². The van der Waals surface area contributed by atoms with E-state index in [1.807, 2.05) is 18.4 Å². The molecule has 0 spiro atoms. The Kier molecular flexibility index (Phi) is 4.39. The predicted molar refractivity (Wildman–Crippen MR) is 84.0 cm³/mol. The van der Waals surface area contributed by atoms with Gasteiger partial charge in [0.05, 0.1) is 19.0 Å². The summed E-state index contributed by atoms with van der Waals surface area (Å²) in [5, 5.41) is 9.86. The van der Waals surface area contributed by atoms with Crippen LogP contribution in [0.2, 0.25) is 0 Å². The predicted octanol–water partition coefficient (Wildman–Crippen LogP) is 1.98. The maximum absolute atomic E-state index is 9.17. The first-order chi connectivity index (χ1) is 10.8. The third-order valence-electron chi connectivity index (χ3n) is 3.43. The lowest BCUT2D eigenvalue weighted by Crippen LogP contribution is -2.50. The lowest BCUT2D eigenvalue weighted by Gasteiger charge is -2.40. The second-order valence-electron chi connectivity index (χ2n) is 4.98. The monoisotopic (exact) mass is 313 g/mol. The fourth-order valence-corrected chi connectivity index (χ4v) is 2.61. The molecule has 22 heavy (non-hydrogen) atoms. The smallest absolute Gasteiger partial charge is 0.189 e. The molecule has 2 aromatic heterocycles. The summed E-state index contributed by atoms with van der Waals surface area (Å²) in [7, 11) is 0. The van der Waals surface area contributed by atoms with Crippen LogP contribution in [0.5, 0.6) is 5.75 Å². The van der Waals surface area contributed by atoms with Gasteiger partial charge in [0.25, 0.3) is 0 Å². The minimum atomic E-state index is 0.430. The molecule has 2 aromatic rings. The molecule has 0 bridgehead atoms. The van der Waals surface area contributed by atoms with E-state index >= 15 is 0 Å². The van der Waals surface area contributed by atoms with Crippen molar-refractivity contribution in [3.63, 3.8) is 0 Å². The molecule has 1 aliphatic heterocycles. The number of thioether (sulfide) groups is 1. The number of nitrogens with zero attached hydrogens (tertiary/aromatic N) is 5. The van der Waals surface area contributed by atoms with Crippen molar-refractivity contribution in [2.24, 2.45) is 5.92 Å². The van der Waals surface area contributed by atoms with Crippen LogP contribution in [0.4, 0.5) is 5.82 Å². The number of ether oxygens (including phenoxy) is 1. The Morgan fingerprint density at radius 2 is 2.32 bits per heavy atom. The standard InChI is InChI=1S/C15H15N5OS/c1-22-15-18-6-12(5-16)14(19-15)20-8-11(9-20)10-21-13-3-2-4-17-7-13/h2-4,6-7,11H,8-10H2,1H3. The second-order valence-corrected chi connectivity index (χ2v) is 5.75. The zero-order chi connectivity index (χ0) is 15.4. The first-order valence-corrected chi connectivity index (χ1v) is 8.11. The first kappa shape index (κ1) is 14.6. The summed E-state index contributed by atoms with van der Waals surface area (Å²) < 4.78 is 5.70. The molecule has 3 heterocycles. The molecule has 6 nitrogen and oxygen atoms in total. The molecule has 0 N–H and O–H groups in total. The van der Waals surface area contributed by atoms with E-state index in [1.165, 1.54) is 11.8 Å². The summed E-state index contributed by atoms with van der Waals surface area (Å²) >= 11 is 1.47. The molecule has 3 rings (SSSR count). The highest BCUT2D eigenvalue weighted by Crippen LogP contribution is 2.27. The van der Waals surface area contributed by atoms with Gasteiger partial charge in [0, 0.05) is 25.2 Å². The van der Waals surface area contributed by atoms with E-state index in [4.69, 9.17) is 4.74 Å². The van der Waals surface area contributed by atoms with Gasteiger partial charge in [-0.3, -0.25) is 4.98 Å². The summed E-state index contributed by atoms with van der Waals surface area (Å²) in [6.07, 6.45) is 6.94. The number of pyridine rings is 1. The molecule has 1 aliphatic rings. The molecule has 0 unspecified atom stereocenters. The van der Waals surface area contributed by atoms with Gasteiger partial charge in [0.2, 0.25) is 0 Å². The van der Waals surface area contributed by atoms with Crippen molar-refractivity contribution in [2.75, 3.05) is 30.9 Å². The van der Waals surface area contributed by atoms with E-state index in [0.29, 0.717) is 23.2 Å². The molecular weight excluding hydrogens is 298 g/mol. The molecule has 0 saturated carbocycles. The van der Waals surface area contributed by atoms with Gasteiger partial charge in [-0.25, -0.2) is 9.97 Å². The van der Waals surface area contributed by atoms with E-state index in [9.17, 15) is 5.26 Å². The maximum atomic E-state index is 9.17. The third kappa shape index (κ3) is 3.12. The molecule has 1 fully saturated rings. The molecule has 7 heteroatoms. The van der Waals surface area contributed by atoms with Crippen LogP contribution >= 0.6 is 11.8 Å². The van der Waals surface area contributed by atoms with E-state index in [-0.39, 0.29) is 0 Å². The van der Waals surface area contributed by atoms with Crippen LogP contribution in [0.25, 0.3) is 0 Å². The Morgan fingerprint density at radius 3 is 3.00 bits per heavy atom. The van der Waals surface area contributed by atoms with E-state index < -0.39 is 0 Å². The fraction of sp³-hybridized carbons (Fsp3) is 0.333. The maximum Gasteiger partial charge on any atom is 0.189 e. The van der Waals surface area contributed by atoms with Gasteiger partial charge in [-0.05, 0) is 18.4 Å². The molecule has 112 valence electrons. The Bertz CT molecular complexity index is 682. The number of nitriles is 1. The van der Waals surface area contributed by atoms with Crippen molar-refractivity contribution >= 4 is 17.6 Å². The highest BCUT2D eigenvalue weighted by molar-refractivity contribution is 7.98. The van der Waals surface area contributed by atoms with E-state index in [0.717, 1.165) is 24.7 Å². The number of hydrogen-bond donors (Lipinski definition) is 0. The van der Waals surface area contributed by atoms with Gasteiger partial charge in [-0.2, -0.15) is 5.26 Å². The Morgan fingerprint density at radius 1 is 1.45 bits per heavy atom. The SMILES string of the molecule is CSc1ncc(C#N)c(N2CC(COc3cccnc3)C2)n1. The number of rotatable bonds is 5. The Balaban J connectivity index is 1.58. The summed E-state index contributed by atoms with van der Waals surface area (Å²) in [6.45, 7) is 2.31. The average Bonchev–Trinajstić information content (AvgIpc) is 2.54. The summed E-state index contributed by atoms with van der Waals surface area (Å²) in [5.74, 6) is 1.93. The van der Waals surface area contributed by atoms with Crippen molar-refractivity contribution in [1.29, 1.82) is 5.26 Å². The Hall–Kier alpha value is -2.33. The normalized spacial score (nSPS) is 14.3. The molecule has 0 atom stereocenters. The minimum Gasteiger partial charge on any atom is -0.492 e. The lowest BCUT2D eigenvalue weighted by atomic mass is 10.0. The van der Waals surface area contributed by atoms with Crippen molar-refractivity contribution in [3.05, 3.63) is 36.3 Å². The third-order valence-corrected chi connectivity index (χ3v) is 3.99. The summed E-state index contributed by atoms with van der Waals surface area (Å²) in [4.78, 5) is 14.7. The van der Waals surface area contributed by atoms with Crippen molar-refractivity contribution in [3.8, 4) is 11.8 Å². The van der Waals surface area contributed by atoms with Crippen molar-refractivity contribution in [1.82, 2.24) is 15.0 Å². The van der Waals surface area contributed by atoms with Gasteiger partial charge in [0.1, 0.15) is 17.4 Å². The zero-order valence-electron chi connectivity index (χ0n) is 12.1. The summed E-state index contributed by atoms with van der Waals surface area (Å²) in [6, 6.07) is 5.90. The van der Waals surface area contributed by atoms with Gasteiger partial charge >= 0.3 is 0 Å². The first-order valence-electron chi connectivity index (χ1n) is 6.89. The van der Waals surface area contributed by atoms with Gasteiger partial charge in [0.15, 0.2) is 11.0 Å². The van der Waals surface area contributed by atoms with Crippen LogP contribution in [0, 0.1) is 17.2 Å². The molecule has 0 radical (unpaired) electrons. The number of anilines is 1. The van der Waals surface area contributed by atoms with Crippen molar-refractivity contribution < 1.29 is 4.74 Å². The van der Waals surface area contributed by atoms with Crippen LogP contribution in [0.1, 0.15) is 5.56 Å². The minimum absolute atomic E-state index is 0.430. The molecule has 1 saturated heterocycles. The van der Waals surface area contributed by atoms with E-state index in [1.54, 1.807) is 18.6 Å². The Labute approximate surface area is 133 Å². The van der Waals surface area contributed by atoms with Gasteiger partial charge in [-0.1, -0.05) is 11.8 Å². The van der Waals surface area contributed by atoms with E-state index in [2.05, 4.69) is 25.9 Å². The van der Waals surface area contributed by atoms with Crippen LogP contribution in [-0.2, 0) is 0 Å². The fourth-order valence-electron chi connectivity index (χ4n) is 2.27. The highest BCUT2D eigenvalue weighted by atomic mass is 32.2. The quantitative estimate of drug-likeness (QED) is 0.617. The topological polar surface area (TPSA) is 74.9 Å². The number of aromatic nitrogens is 3. The van der Waals surface area contributed by atoms with Crippen LogP contribution in [0.3, 0.4) is 0 Å². The largest absolute Gasteiger partial charge is 0.492 e. The van der Waals surface area contributed by atoms with Crippen LogP contribution in [0.15, 0.2) is 35.9 Å².